The van der Waals surface area contributed by atoms with Crippen LogP contribution < -0.4 is 5.73 Å². The van der Waals surface area contributed by atoms with E-state index in [1.54, 1.807) is 0 Å². The molecule has 0 amide bonds. The van der Waals surface area contributed by atoms with Gasteiger partial charge in [0.15, 0.2) is 0 Å². The van der Waals surface area contributed by atoms with Gasteiger partial charge in [0, 0.05) is 13.1 Å². The van der Waals surface area contributed by atoms with Crippen LogP contribution in [-0.2, 0) is 10.0 Å². The van der Waals surface area contributed by atoms with Crippen LogP contribution in [-0.4, -0.2) is 42.2 Å². The molecular weight excluding hydrogens is 289 g/mol. The largest absolute Gasteiger partial charge is 0.392 e. The molecular formula is C9H15F3N2O2S2. The predicted molar refractivity (Wildman–Crippen MR) is 65.5 cm³/mol. The van der Waals surface area contributed by atoms with Crippen molar-refractivity contribution in [1.82, 2.24) is 4.31 Å². The van der Waals surface area contributed by atoms with Gasteiger partial charge in [-0.25, -0.2) is 12.7 Å². The Hall–Kier alpha value is -0.410. The molecule has 1 saturated heterocycles. The minimum absolute atomic E-state index is 0.139. The Bertz CT molecular complexity index is 414. The fraction of sp³-hybridized carbons (Fsp3) is 0.889. The summed E-state index contributed by atoms with van der Waals surface area (Å²) < 4.78 is 62.3. The maximum Gasteiger partial charge on any atom is 0.391 e. The third-order valence-corrected chi connectivity index (χ3v) is 5.86. The summed E-state index contributed by atoms with van der Waals surface area (Å²) in [5.74, 6) is -1.43. The lowest BCUT2D eigenvalue weighted by Crippen LogP contribution is -2.47. The zero-order chi connectivity index (χ0) is 14.1. The highest BCUT2D eigenvalue weighted by molar-refractivity contribution is 7.92. The van der Waals surface area contributed by atoms with E-state index in [9.17, 15) is 21.6 Å². The summed E-state index contributed by atoms with van der Waals surface area (Å²) in [6.45, 7) is 1.06. The Morgan fingerprint density at radius 2 is 1.83 bits per heavy atom. The van der Waals surface area contributed by atoms with E-state index in [-0.39, 0.29) is 30.9 Å². The number of halogens is 3. The first-order valence-corrected chi connectivity index (χ1v) is 7.33. The molecule has 1 atom stereocenters. The lowest BCUT2D eigenvalue weighted by atomic mass is 9.98. The van der Waals surface area contributed by atoms with Crippen molar-refractivity contribution in [3.8, 4) is 0 Å². The van der Waals surface area contributed by atoms with Gasteiger partial charge >= 0.3 is 6.18 Å². The maximum absolute atomic E-state index is 12.4. The van der Waals surface area contributed by atoms with E-state index in [1.165, 1.54) is 6.92 Å². The minimum Gasteiger partial charge on any atom is -0.392 e. The van der Waals surface area contributed by atoms with E-state index < -0.39 is 27.4 Å². The fourth-order valence-corrected chi connectivity index (χ4v) is 3.63. The summed E-state index contributed by atoms with van der Waals surface area (Å²) in [4.78, 5) is -0.173. The van der Waals surface area contributed by atoms with Gasteiger partial charge in [-0.15, -0.1) is 0 Å². The average Bonchev–Trinajstić information content (AvgIpc) is 2.26. The van der Waals surface area contributed by atoms with Gasteiger partial charge in [0.05, 0.1) is 10.9 Å². The van der Waals surface area contributed by atoms with Gasteiger partial charge in [-0.05, 0) is 19.8 Å². The summed E-state index contributed by atoms with van der Waals surface area (Å²) >= 11 is 4.61. The molecule has 18 heavy (non-hydrogen) atoms. The van der Waals surface area contributed by atoms with E-state index in [0.29, 0.717) is 0 Å². The van der Waals surface area contributed by atoms with Crippen LogP contribution in [0.5, 0.6) is 0 Å². The number of piperidine rings is 1. The van der Waals surface area contributed by atoms with Gasteiger partial charge in [0.1, 0.15) is 5.25 Å². The zero-order valence-electron chi connectivity index (χ0n) is 9.77. The molecule has 106 valence electrons. The van der Waals surface area contributed by atoms with E-state index in [2.05, 4.69) is 12.2 Å². The van der Waals surface area contributed by atoms with Crippen LogP contribution in [0.1, 0.15) is 19.8 Å². The number of nitrogens with two attached hydrogens (primary N) is 1. The Morgan fingerprint density at radius 1 is 1.39 bits per heavy atom. The molecule has 1 rings (SSSR count). The van der Waals surface area contributed by atoms with Crippen molar-refractivity contribution in [3.05, 3.63) is 0 Å². The van der Waals surface area contributed by atoms with Crippen molar-refractivity contribution in [2.75, 3.05) is 13.1 Å². The molecule has 1 unspecified atom stereocenters. The lowest BCUT2D eigenvalue weighted by Gasteiger charge is -2.33. The number of hydrogen-bond donors (Lipinski definition) is 1. The van der Waals surface area contributed by atoms with Crippen LogP contribution in [0.25, 0.3) is 0 Å². The van der Waals surface area contributed by atoms with Crippen LogP contribution >= 0.6 is 12.2 Å². The third kappa shape index (κ3) is 3.33. The number of nitrogens with zero attached hydrogens (tertiary/aromatic N) is 1. The molecule has 0 aliphatic carbocycles. The topological polar surface area (TPSA) is 63.4 Å². The van der Waals surface area contributed by atoms with E-state index in [4.69, 9.17) is 5.73 Å². The molecule has 0 aromatic heterocycles. The van der Waals surface area contributed by atoms with E-state index >= 15 is 0 Å². The zero-order valence-corrected chi connectivity index (χ0v) is 11.4. The molecule has 1 fully saturated rings. The van der Waals surface area contributed by atoms with Crippen molar-refractivity contribution < 1.29 is 21.6 Å². The molecule has 0 radical (unpaired) electrons. The molecule has 9 heteroatoms. The highest BCUT2D eigenvalue weighted by Gasteiger charge is 2.43. The number of alkyl halides is 3. The standard InChI is InChI=1S/C9H15F3N2O2S2/c1-6(8(13)17)18(15,16)14-4-2-7(3-5-14)9(10,11)12/h6-7H,2-5H2,1H3,(H2,13,17). The molecule has 2 N–H and O–H groups in total. The first kappa shape index (κ1) is 15.6. The average molecular weight is 304 g/mol. The fourth-order valence-electron chi connectivity index (χ4n) is 1.81. The Morgan fingerprint density at radius 3 is 2.17 bits per heavy atom. The molecule has 0 aromatic carbocycles. The first-order valence-electron chi connectivity index (χ1n) is 5.42. The smallest absolute Gasteiger partial charge is 0.391 e. The van der Waals surface area contributed by atoms with Crippen LogP contribution in [0.2, 0.25) is 0 Å². The molecule has 0 spiro atoms. The summed E-state index contributed by atoms with van der Waals surface area (Å²) in [7, 11) is -3.73. The van der Waals surface area contributed by atoms with Gasteiger partial charge in [0.25, 0.3) is 0 Å². The maximum atomic E-state index is 12.4. The van der Waals surface area contributed by atoms with Crippen molar-refractivity contribution in [2.45, 2.75) is 31.2 Å². The normalized spacial score (nSPS) is 21.8. The molecule has 1 aliphatic heterocycles. The summed E-state index contributed by atoms with van der Waals surface area (Å²) in [5, 5.41) is -1.05. The second-order valence-corrected chi connectivity index (χ2v) is 7.03. The van der Waals surface area contributed by atoms with Gasteiger partial charge in [-0.2, -0.15) is 13.2 Å². The monoisotopic (exact) mass is 304 g/mol. The van der Waals surface area contributed by atoms with Crippen LogP contribution in [0.4, 0.5) is 13.2 Å². The van der Waals surface area contributed by atoms with Crippen LogP contribution in [0, 0.1) is 5.92 Å². The second kappa shape index (κ2) is 5.30. The second-order valence-electron chi connectivity index (χ2n) is 4.30. The van der Waals surface area contributed by atoms with Gasteiger partial charge in [-0.3, -0.25) is 0 Å². The van der Waals surface area contributed by atoms with Gasteiger partial charge < -0.3 is 5.73 Å². The van der Waals surface area contributed by atoms with Crippen molar-refractivity contribution >= 4 is 27.2 Å². The van der Waals surface area contributed by atoms with E-state index in [0.717, 1.165) is 4.31 Å². The third-order valence-electron chi connectivity index (χ3n) is 3.12. The predicted octanol–water partition coefficient (Wildman–Crippen LogP) is 1.27. The number of thiocarbonyl (C=S) groups is 1. The summed E-state index contributed by atoms with van der Waals surface area (Å²) in [6.07, 6.45) is -4.69. The highest BCUT2D eigenvalue weighted by atomic mass is 32.2. The summed E-state index contributed by atoms with van der Waals surface area (Å²) in [6, 6.07) is 0. The highest BCUT2D eigenvalue weighted by Crippen LogP contribution is 2.35. The Labute approximate surface area is 109 Å². The van der Waals surface area contributed by atoms with Crippen molar-refractivity contribution in [1.29, 1.82) is 0 Å². The summed E-state index contributed by atoms with van der Waals surface area (Å²) in [5.41, 5.74) is 5.27. The molecule has 0 saturated carbocycles. The number of hydrogen-bond acceptors (Lipinski definition) is 3. The molecule has 0 bridgehead atoms. The quantitative estimate of drug-likeness (QED) is 0.798. The SMILES string of the molecule is CC(C(N)=S)S(=O)(=O)N1CCC(C(F)(F)F)CC1. The van der Waals surface area contributed by atoms with E-state index in [1.807, 2.05) is 0 Å². The first-order chi connectivity index (χ1) is 8.06. The molecule has 1 heterocycles. The van der Waals surface area contributed by atoms with Crippen molar-refractivity contribution in [3.63, 3.8) is 0 Å². The molecule has 0 aromatic rings. The number of rotatable bonds is 3. The lowest BCUT2D eigenvalue weighted by molar-refractivity contribution is -0.182. The van der Waals surface area contributed by atoms with Crippen LogP contribution in [0.3, 0.4) is 0 Å². The minimum atomic E-state index is -4.26. The van der Waals surface area contributed by atoms with Gasteiger partial charge in [0.2, 0.25) is 10.0 Å². The van der Waals surface area contributed by atoms with Crippen LogP contribution in [0.15, 0.2) is 0 Å². The van der Waals surface area contributed by atoms with Crippen molar-refractivity contribution in [2.24, 2.45) is 11.7 Å². The Kier molecular flexibility index (Phi) is 4.60. The number of sulfonamides is 1. The van der Waals surface area contributed by atoms with Gasteiger partial charge in [-0.1, -0.05) is 12.2 Å². The molecule has 4 nitrogen and oxygen atoms in total. The molecule has 1 aliphatic rings. The Balaban J connectivity index is 2.72.